The first kappa shape index (κ1) is 18.8. The second-order valence-electron chi connectivity index (χ2n) is 5.54. The Morgan fingerprint density at radius 3 is 2.35 bits per heavy atom. The van der Waals surface area contributed by atoms with Crippen molar-refractivity contribution in [2.24, 2.45) is 0 Å². The van der Waals surface area contributed by atoms with Crippen LogP contribution in [0.4, 0.5) is 0 Å². The number of hydrogen-bond acceptors (Lipinski definition) is 6. The largest absolute Gasteiger partial charge is 0.488 e. The molecule has 0 bridgehead atoms. The van der Waals surface area contributed by atoms with Crippen LogP contribution in [0.25, 0.3) is 10.6 Å². The van der Waals surface area contributed by atoms with E-state index in [-0.39, 0.29) is 0 Å². The second-order valence-corrected chi connectivity index (χ2v) is 9.02. The number of thiazole rings is 1. The molecule has 0 aliphatic carbocycles. The van der Waals surface area contributed by atoms with E-state index in [0.29, 0.717) is 16.9 Å². The molecule has 2 aromatic carbocycles. The Balaban J connectivity index is 1.92. The third-order valence-electron chi connectivity index (χ3n) is 3.86. The Hall–Kier alpha value is -1.98. The molecule has 0 spiro atoms. The molecule has 0 N–H and O–H groups in total. The van der Waals surface area contributed by atoms with Crippen LogP contribution >= 0.6 is 18.9 Å². The average Bonchev–Trinajstić information content (AvgIpc) is 3.09. The summed E-state index contributed by atoms with van der Waals surface area (Å²) in [5, 5.41) is 0.718. The lowest BCUT2D eigenvalue weighted by atomic mass is 10.2. The summed E-state index contributed by atoms with van der Waals surface area (Å²) in [6.07, 6.45) is 0. The van der Waals surface area contributed by atoms with E-state index in [1.165, 1.54) is 25.6 Å². The molecule has 0 aliphatic heterocycles. The van der Waals surface area contributed by atoms with Gasteiger partial charge in [0.1, 0.15) is 22.0 Å². The first-order valence-corrected chi connectivity index (χ1v) is 10.4. The molecule has 3 rings (SSSR count). The number of para-hydroxylation sites is 1. The van der Waals surface area contributed by atoms with Crippen LogP contribution in [0.1, 0.15) is 11.3 Å². The van der Waals surface area contributed by atoms with Gasteiger partial charge in [-0.25, -0.2) is 4.98 Å². The standard InChI is InChI=1S/C19H20NO4PS/c1-14-19(25(21,22-2)23-3)26-18(20-14)16-11-7-8-12-17(16)24-13-15-9-5-4-6-10-15/h4-12H,13H2,1-3H3. The van der Waals surface area contributed by atoms with Crippen molar-refractivity contribution < 1.29 is 18.3 Å². The maximum Gasteiger partial charge on any atom is 0.372 e. The van der Waals surface area contributed by atoms with Gasteiger partial charge in [0.25, 0.3) is 0 Å². The van der Waals surface area contributed by atoms with Crippen molar-refractivity contribution in [1.29, 1.82) is 0 Å². The minimum atomic E-state index is -3.33. The number of aromatic nitrogens is 1. The zero-order valence-corrected chi connectivity index (χ0v) is 16.5. The van der Waals surface area contributed by atoms with Crippen molar-refractivity contribution >= 4 is 23.6 Å². The van der Waals surface area contributed by atoms with Gasteiger partial charge in [0.05, 0.1) is 11.3 Å². The van der Waals surface area contributed by atoms with Crippen LogP contribution < -0.4 is 9.36 Å². The molecular weight excluding hydrogens is 369 g/mol. The molecule has 0 aliphatic rings. The van der Waals surface area contributed by atoms with Crippen LogP contribution in [-0.2, 0) is 20.2 Å². The summed E-state index contributed by atoms with van der Waals surface area (Å²) in [4.78, 5) is 4.56. The van der Waals surface area contributed by atoms with Gasteiger partial charge in [0.2, 0.25) is 0 Å². The van der Waals surface area contributed by atoms with Crippen molar-refractivity contribution in [3.05, 3.63) is 65.9 Å². The minimum Gasteiger partial charge on any atom is -0.488 e. The van der Waals surface area contributed by atoms with Gasteiger partial charge in [0, 0.05) is 14.2 Å². The van der Waals surface area contributed by atoms with Crippen molar-refractivity contribution in [1.82, 2.24) is 4.98 Å². The van der Waals surface area contributed by atoms with Gasteiger partial charge in [0.15, 0.2) is 0 Å². The SMILES string of the molecule is COP(=O)(OC)c1sc(-c2ccccc2OCc2ccccc2)nc1C. The van der Waals surface area contributed by atoms with E-state index in [1.807, 2.05) is 54.6 Å². The van der Waals surface area contributed by atoms with Crippen molar-refractivity contribution in [2.75, 3.05) is 14.2 Å². The lowest BCUT2D eigenvalue weighted by Gasteiger charge is -2.11. The van der Waals surface area contributed by atoms with Gasteiger partial charge in [-0.1, -0.05) is 42.5 Å². The monoisotopic (exact) mass is 389 g/mol. The molecule has 5 nitrogen and oxygen atoms in total. The highest BCUT2D eigenvalue weighted by molar-refractivity contribution is 7.69. The normalized spacial score (nSPS) is 11.5. The summed E-state index contributed by atoms with van der Waals surface area (Å²) in [7, 11) is -0.584. The average molecular weight is 389 g/mol. The lowest BCUT2D eigenvalue weighted by molar-refractivity contribution is 0.288. The fraction of sp³-hybridized carbons (Fsp3) is 0.211. The van der Waals surface area contributed by atoms with Gasteiger partial charge >= 0.3 is 7.60 Å². The van der Waals surface area contributed by atoms with Crippen molar-refractivity contribution in [3.8, 4) is 16.3 Å². The van der Waals surface area contributed by atoms with Crippen LogP contribution in [0.15, 0.2) is 54.6 Å². The molecule has 0 saturated carbocycles. The molecule has 1 aromatic heterocycles. The quantitative estimate of drug-likeness (QED) is 0.543. The molecule has 0 saturated heterocycles. The smallest absolute Gasteiger partial charge is 0.372 e. The molecule has 7 heteroatoms. The molecule has 1 heterocycles. The molecule has 3 aromatic rings. The predicted molar refractivity (Wildman–Crippen MR) is 104 cm³/mol. The predicted octanol–water partition coefficient (Wildman–Crippen LogP) is 4.81. The van der Waals surface area contributed by atoms with Gasteiger partial charge in [-0.3, -0.25) is 4.57 Å². The highest BCUT2D eigenvalue weighted by Gasteiger charge is 2.31. The van der Waals surface area contributed by atoms with Gasteiger partial charge in [-0.05, 0) is 24.6 Å². The summed E-state index contributed by atoms with van der Waals surface area (Å²) < 4.78 is 29.4. The molecular formula is C19H20NO4PS. The maximum absolute atomic E-state index is 12.7. The van der Waals surface area contributed by atoms with Gasteiger partial charge < -0.3 is 13.8 Å². The third kappa shape index (κ3) is 3.89. The molecule has 0 amide bonds. The summed E-state index contributed by atoms with van der Waals surface area (Å²) in [6, 6.07) is 17.6. The maximum atomic E-state index is 12.7. The molecule has 136 valence electrons. The van der Waals surface area contributed by atoms with E-state index in [1.54, 1.807) is 6.92 Å². The Kier molecular flexibility index (Phi) is 5.89. The number of rotatable bonds is 7. The van der Waals surface area contributed by atoms with Gasteiger partial charge in [-0.2, -0.15) is 0 Å². The molecule has 0 fully saturated rings. The molecule has 0 radical (unpaired) electrons. The number of benzene rings is 2. The van der Waals surface area contributed by atoms with Crippen molar-refractivity contribution in [3.63, 3.8) is 0 Å². The third-order valence-corrected chi connectivity index (χ3v) is 7.58. The topological polar surface area (TPSA) is 57.7 Å². The van der Waals surface area contributed by atoms with Crippen LogP contribution in [-0.4, -0.2) is 19.2 Å². The highest BCUT2D eigenvalue weighted by Crippen LogP contribution is 2.49. The highest BCUT2D eigenvalue weighted by atomic mass is 32.1. The van der Waals surface area contributed by atoms with Crippen LogP contribution in [0.2, 0.25) is 0 Å². The Morgan fingerprint density at radius 1 is 1.00 bits per heavy atom. The van der Waals surface area contributed by atoms with E-state index >= 15 is 0 Å². The fourth-order valence-corrected chi connectivity index (χ4v) is 5.42. The Bertz CT molecular complexity index is 918. The molecule has 26 heavy (non-hydrogen) atoms. The van der Waals surface area contributed by atoms with Crippen LogP contribution in [0.3, 0.4) is 0 Å². The zero-order valence-electron chi connectivity index (χ0n) is 14.8. The summed E-state index contributed by atoms with van der Waals surface area (Å²) >= 11 is 1.30. The van der Waals surface area contributed by atoms with E-state index in [0.717, 1.165) is 21.9 Å². The first-order chi connectivity index (χ1) is 12.6. The molecule has 0 atom stereocenters. The summed E-state index contributed by atoms with van der Waals surface area (Å²) in [5.41, 5.74) is 2.57. The summed E-state index contributed by atoms with van der Waals surface area (Å²) in [6.45, 7) is 2.26. The minimum absolute atomic E-state index is 0.462. The van der Waals surface area contributed by atoms with Crippen molar-refractivity contribution in [2.45, 2.75) is 13.5 Å². The fourth-order valence-electron chi connectivity index (χ4n) is 2.50. The van der Waals surface area contributed by atoms with Gasteiger partial charge in [-0.15, -0.1) is 11.3 Å². The number of nitrogens with zero attached hydrogens (tertiary/aromatic N) is 1. The van der Waals surface area contributed by atoms with Crippen LogP contribution in [0, 0.1) is 6.92 Å². The van der Waals surface area contributed by atoms with Crippen LogP contribution in [0.5, 0.6) is 5.75 Å². The Morgan fingerprint density at radius 2 is 1.65 bits per heavy atom. The van der Waals surface area contributed by atoms with E-state index in [9.17, 15) is 4.57 Å². The lowest BCUT2D eigenvalue weighted by Crippen LogP contribution is -2.06. The number of aryl methyl sites for hydroxylation is 1. The molecule has 0 unspecified atom stereocenters. The summed E-state index contributed by atoms with van der Waals surface area (Å²) in [5.74, 6) is 0.723. The van der Waals surface area contributed by atoms with E-state index in [4.69, 9.17) is 13.8 Å². The zero-order chi connectivity index (χ0) is 18.6. The van der Waals surface area contributed by atoms with E-state index in [2.05, 4.69) is 4.98 Å². The Labute approximate surface area is 157 Å². The second kappa shape index (κ2) is 8.14. The number of hydrogen-bond donors (Lipinski definition) is 0. The van der Waals surface area contributed by atoms with E-state index < -0.39 is 7.60 Å². The first-order valence-electron chi connectivity index (χ1n) is 8.03. The number of ether oxygens (including phenoxy) is 1.